The fraction of sp³-hybridized carbons (Fsp3) is 0.455. The fourth-order valence-corrected chi connectivity index (χ4v) is 11.0. The number of aromatic nitrogens is 4. The summed E-state index contributed by atoms with van der Waals surface area (Å²) in [7, 11) is 0.594. The molecule has 1 spiro atoms. The second-order valence-electron chi connectivity index (χ2n) is 17.5. The van der Waals surface area contributed by atoms with E-state index in [0.717, 1.165) is 44.8 Å². The second-order valence-corrected chi connectivity index (χ2v) is 19.1. The third kappa shape index (κ3) is 7.89. The van der Waals surface area contributed by atoms with E-state index in [1.807, 2.05) is 6.07 Å². The molecule has 2 saturated heterocycles. The summed E-state index contributed by atoms with van der Waals surface area (Å²) < 4.78 is 70.2. The molecule has 2 saturated carbocycles. The Labute approximate surface area is 367 Å². The van der Waals surface area contributed by atoms with Crippen molar-refractivity contribution in [3.63, 3.8) is 0 Å². The van der Waals surface area contributed by atoms with E-state index in [4.69, 9.17) is 4.74 Å². The number of alkyl halides is 1. The molecular formula is C44H47F3N10O6Si. The van der Waals surface area contributed by atoms with Gasteiger partial charge in [0.2, 0.25) is 5.91 Å². The van der Waals surface area contributed by atoms with Gasteiger partial charge in [-0.15, -0.1) is 0 Å². The average molecular weight is 897 g/mol. The number of likely N-dealkylation sites (tertiary alicyclic amines) is 1. The third-order valence-electron chi connectivity index (χ3n) is 13.7. The molecule has 16 nitrogen and oxygen atoms in total. The number of likely N-dealkylation sites (N-methyl/N-ethyl adjacent to an activating group) is 1. The first kappa shape index (κ1) is 43.1. The van der Waals surface area contributed by atoms with Crippen LogP contribution in [0.5, 0.6) is 11.5 Å². The lowest BCUT2D eigenvalue weighted by atomic mass is 9.60. The van der Waals surface area contributed by atoms with Crippen molar-refractivity contribution in [3.8, 4) is 17.6 Å². The number of halogens is 3. The Hall–Kier alpha value is -6.17. The maximum absolute atomic E-state index is 16.1. The summed E-state index contributed by atoms with van der Waals surface area (Å²) in [4.78, 5) is 48.9. The van der Waals surface area contributed by atoms with Crippen LogP contribution in [0.25, 0.3) is 21.8 Å². The van der Waals surface area contributed by atoms with Gasteiger partial charge in [-0.3, -0.25) is 34.0 Å². The first-order chi connectivity index (χ1) is 30.8. The number of fused-ring (bicyclic) bond motifs is 2. The van der Waals surface area contributed by atoms with Gasteiger partial charge in [-0.05, 0) is 117 Å². The first-order valence-electron chi connectivity index (χ1n) is 21.5. The van der Waals surface area contributed by atoms with Gasteiger partial charge in [0.25, 0.3) is 5.56 Å². The number of carbonyl (C=O) groups excluding carboxylic acids is 2. The minimum atomic E-state index is -2.65. The monoisotopic (exact) mass is 896 g/mol. The molecule has 3 N–H and O–H groups in total. The van der Waals surface area contributed by atoms with E-state index in [0.29, 0.717) is 34.8 Å². The molecule has 64 heavy (non-hydrogen) atoms. The minimum absolute atomic E-state index is 0.0107. The summed E-state index contributed by atoms with van der Waals surface area (Å²) in [5.41, 5.74) is 1.09. The van der Waals surface area contributed by atoms with Crippen LogP contribution in [0.2, 0.25) is 0 Å². The summed E-state index contributed by atoms with van der Waals surface area (Å²) in [6.45, 7) is 1.48. The lowest BCUT2D eigenvalue weighted by molar-refractivity contribution is -0.120. The number of hydrogen-bond acceptors (Lipinski definition) is 10. The number of ether oxygens (including phenoxy) is 1. The number of nitriles is 1. The highest BCUT2D eigenvalue weighted by molar-refractivity contribution is 6.44. The predicted molar refractivity (Wildman–Crippen MR) is 230 cm³/mol. The van der Waals surface area contributed by atoms with Crippen LogP contribution in [0, 0.1) is 28.4 Å². The maximum atomic E-state index is 16.1. The number of aliphatic hydroxyl groups is 1. The van der Waals surface area contributed by atoms with Crippen LogP contribution >= 0.6 is 0 Å². The largest absolute Gasteiger partial charge is 0.522 e. The van der Waals surface area contributed by atoms with Crippen molar-refractivity contribution < 1.29 is 37.1 Å². The van der Waals surface area contributed by atoms with E-state index in [2.05, 4.69) is 25.3 Å². The molecule has 3 unspecified atom stereocenters. The van der Waals surface area contributed by atoms with Crippen molar-refractivity contribution in [1.82, 2.24) is 34.1 Å². The molecule has 2 aliphatic carbocycles. The van der Waals surface area contributed by atoms with E-state index in [1.165, 1.54) is 40.8 Å². The molecule has 4 fully saturated rings. The van der Waals surface area contributed by atoms with Gasteiger partial charge in [0.1, 0.15) is 29.4 Å². The Morgan fingerprint density at radius 2 is 1.84 bits per heavy atom. The number of urea groups is 1. The van der Waals surface area contributed by atoms with Crippen molar-refractivity contribution in [2.45, 2.75) is 75.5 Å². The molecule has 2 aromatic heterocycles. The van der Waals surface area contributed by atoms with Gasteiger partial charge in [-0.2, -0.15) is 10.4 Å². The van der Waals surface area contributed by atoms with Crippen LogP contribution in [0.15, 0.2) is 53.6 Å². The molecule has 3 atom stereocenters. The Kier molecular flexibility index (Phi) is 11.5. The highest BCUT2D eigenvalue weighted by Crippen LogP contribution is 2.55. The summed E-state index contributed by atoms with van der Waals surface area (Å²) >= 11 is 0. The zero-order valence-corrected chi connectivity index (χ0v) is 36.3. The van der Waals surface area contributed by atoms with Crippen molar-refractivity contribution >= 4 is 54.3 Å². The number of nitrogens with one attached hydrogen (secondary N) is 2. The SMILES string of the molecule is CN(CCO)[Si](=O)Nc1ccc(F)c(Oc2ccc3ncn(C4CC5(CCN(C6CCC(c7cc8c(cc7F)c(N7CCC(=O)NC7=O)nn8C)CC6F)CC5)C4)c(=O)c3c2)c1C#N. The Morgan fingerprint density at radius 3 is 2.56 bits per heavy atom. The number of amides is 3. The van der Waals surface area contributed by atoms with Crippen LogP contribution in [0.4, 0.5) is 29.5 Å². The molecule has 3 aromatic carbocycles. The number of hydrogen-bond donors (Lipinski definition) is 3. The van der Waals surface area contributed by atoms with E-state index in [1.54, 1.807) is 34.8 Å². The van der Waals surface area contributed by atoms with Gasteiger partial charge in [0.15, 0.2) is 17.4 Å². The second kappa shape index (κ2) is 17.1. The fourth-order valence-electron chi connectivity index (χ4n) is 10.1. The van der Waals surface area contributed by atoms with E-state index in [9.17, 15) is 29.2 Å². The predicted octanol–water partition coefficient (Wildman–Crippen LogP) is 5.51. The smallest absolute Gasteiger partial charge is 0.453 e. The molecule has 4 aliphatic rings. The lowest BCUT2D eigenvalue weighted by Gasteiger charge is -2.54. The number of imide groups is 1. The molecule has 3 amide bonds. The van der Waals surface area contributed by atoms with Gasteiger partial charge in [0.05, 0.1) is 35.0 Å². The van der Waals surface area contributed by atoms with Gasteiger partial charge in [0, 0.05) is 51.1 Å². The molecule has 0 radical (unpaired) electrons. The molecule has 0 bridgehead atoms. The summed E-state index contributed by atoms with van der Waals surface area (Å²) in [6.07, 6.45) is 5.14. The molecule has 2 aliphatic heterocycles. The molecular weight excluding hydrogens is 850 g/mol. The standard InChI is InChI=1S/C44H47F3N10O6Si/c1-53(15-16-58)64(62)52-36-7-5-32(45)40(31(36)23-48)63-27-4-6-35-29(18-27)42(60)57(24-49-35)26-21-44(22-26)10-13-55(14-11-44)37-8-3-25(17-34(37)47)28-20-38-30(19-33(28)46)41(51-54(38)2)56-12-9-39(59)50-43(56)61/h4-7,18-20,24-26,34,37,52,58H,3,8-17,21-22H2,1-2H3,(H,50,59,61). The molecule has 9 rings (SSSR count). The van der Waals surface area contributed by atoms with Gasteiger partial charge in [-0.1, -0.05) is 0 Å². The number of benzene rings is 3. The topological polar surface area (TPSA) is 191 Å². The number of piperidine rings is 1. The Balaban J connectivity index is 0.825. The van der Waals surface area contributed by atoms with Crippen LogP contribution in [-0.2, 0) is 16.3 Å². The summed E-state index contributed by atoms with van der Waals surface area (Å²) in [5, 5.41) is 26.6. The Bertz CT molecular complexity index is 2800. The van der Waals surface area contributed by atoms with Crippen molar-refractivity contribution in [3.05, 3.63) is 81.9 Å². The number of nitrogens with zero attached hydrogens (tertiary/aromatic N) is 8. The van der Waals surface area contributed by atoms with Crippen LogP contribution in [0.3, 0.4) is 0 Å². The van der Waals surface area contributed by atoms with Crippen molar-refractivity contribution in [2.24, 2.45) is 12.5 Å². The van der Waals surface area contributed by atoms with Crippen LogP contribution in [0.1, 0.15) is 74.5 Å². The molecule has 4 heterocycles. The molecule has 334 valence electrons. The minimum Gasteiger partial charge on any atom is -0.453 e. The third-order valence-corrected chi connectivity index (χ3v) is 15.1. The van der Waals surface area contributed by atoms with Crippen LogP contribution in [-0.4, -0.2) is 107 Å². The van der Waals surface area contributed by atoms with E-state index in [-0.39, 0.29) is 95.6 Å². The highest BCUT2D eigenvalue weighted by Gasteiger charge is 2.48. The number of aliphatic hydroxyl groups excluding tert-OH is 1. The molecule has 5 aromatic rings. The number of carbonyl (C=O) groups is 2. The first-order valence-corrected chi connectivity index (χ1v) is 22.8. The van der Waals surface area contributed by atoms with Gasteiger partial charge in [-0.25, -0.2) is 22.9 Å². The van der Waals surface area contributed by atoms with Gasteiger partial charge >= 0.3 is 15.0 Å². The molecule has 20 heteroatoms. The van der Waals surface area contributed by atoms with E-state index >= 15 is 13.2 Å². The zero-order valence-electron chi connectivity index (χ0n) is 35.3. The van der Waals surface area contributed by atoms with Crippen molar-refractivity contribution in [2.75, 3.05) is 49.7 Å². The number of aryl methyl sites for hydroxylation is 1. The summed E-state index contributed by atoms with van der Waals surface area (Å²) in [5.74, 6) is -2.01. The average Bonchev–Trinajstić information content (AvgIpc) is 3.58. The zero-order chi connectivity index (χ0) is 45.0. The summed E-state index contributed by atoms with van der Waals surface area (Å²) in [6, 6.07) is 11.0. The Morgan fingerprint density at radius 1 is 1.06 bits per heavy atom. The number of anilines is 2. The maximum Gasteiger partial charge on any atom is 0.522 e. The normalized spacial score (nSPS) is 21.5. The van der Waals surface area contributed by atoms with Crippen LogP contribution < -0.4 is 25.5 Å². The number of rotatable bonds is 11. The quantitative estimate of drug-likeness (QED) is 0.141. The van der Waals surface area contributed by atoms with E-state index < -0.39 is 38.6 Å². The highest BCUT2D eigenvalue weighted by atomic mass is 28.3. The lowest BCUT2D eigenvalue weighted by Crippen LogP contribution is -2.54. The van der Waals surface area contributed by atoms with Crippen molar-refractivity contribution in [1.29, 1.82) is 5.26 Å². The van der Waals surface area contributed by atoms with Gasteiger partial charge < -0.3 is 23.9 Å².